The number of anilines is 3. The summed E-state index contributed by atoms with van der Waals surface area (Å²) < 4.78 is 4.97. The largest absolute Gasteiger partial charge is 0.506 e. The van der Waals surface area contributed by atoms with Gasteiger partial charge in [0.2, 0.25) is 11.8 Å². The fraction of sp³-hybridized carbons (Fsp3) is 0.176. The van der Waals surface area contributed by atoms with E-state index in [1.54, 1.807) is 43.5 Å². The lowest BCUT2D eigenvalue weighted by molar-refractivity contribution is -0.115. The highest BCUT2D eigenvalue weighted by Crippen LogP contribution is 2.24. The van der Waals surface area contributed by atoms with Crippen LogP contribution in [-0.4, -0.2) is 24.0 Å². The first-order valence-electron chi connectivity index (χ1n) is 7.10. The molecule has 0 saturated heterocycles. The lowest BCUT2D eigenvalue weighted by atomic mass is 10.2. The molecule has 0 saturated carbocycles. The number of methoxy groups -OCH3 is 1. The number of rotatable bonds is 3. The van der Waals surface area contributed by atoms with Gasteiger partial charge in [-0.25, -0.2) is 0 Å². The topological polar surface area (TPSA) is 114 Å². The lowest BCUT2D eigenvalue weighted by Crippen LogP contribution is -2.06. The summed E-state index contributed by atoms with van der Waals surface area (Å²) in [6.45, 7) is 2.84. The number of ether oxygens (including phenoxy) is 1. The number of aromatic hydroxyl groups is 1. The van der Waals surface area contributed by atoms with Crippen LogP contribution in [0.2, 0.25) is 0 Å². The van der Waals surface area contributed by atoms with Crippen LogP contribution in [0.4, 0.5) is 17.1 Å². The molecular formula is C17H21N3O4. The first kappa shape index (κ1) is 18.8. The number of phenols is 1. The molecular weight excluding hydrogens is 310 g/mol. The molecule has 2 aromatic carbocycles. The summed E-state index contributed by atoms with van der Waals surface area (Å²) in [5.74, 6) is 0.382. The quantitative estimate of drug-likeness (QED) is 0.510. The van der Waals surface area contributed by atoms with Crippen molar-refractivity contribution in [3.8, 4) is 11.5 Å². The lowest BCUT2D eigenvalue weighted by Gasteiger charge is -2.06. The van der Waals surface area contributed by atoms with Gasteiger partial charge in [0.15, 0.2) is 0 Å². The number of nitrogens with two attached hydrogens (primary N) is 1. The van der Waals surface area contributed by atoms with Gasteiger partial charge in [0.05, 0.1) is 18.5 Å². The minimum absolute atomic E-state index is 0.0858. The van der Waals surface area contributed by atoms with E-state index in [-0.39, 0.29) is 17.6 Å². The zero-order valence-corrected chi connectivity index (χ0v) is 13.8. The SMILES string of the molecule is CC(=O)Nc1ccccc1O.COc1ccc(NC(C)=O)cc1N. The van der Waals surface area contributed by atoms with Crippen LogP contribution in [0.3, 0.4) is 0 Å². The van der Waals surface area contributed by atoms with Crippen molar-refractivity contribution in [2.75, 3.05) is 23.5 Å². The third-order valence-corrected chi connectivity index (χ3v) is 2.76. The molecule has 0 spiro atoms. The number of nitrogen functional groups attached to an aromatic ring is 1. The van der Waals surface area contributed by atoms with Gasteiger partial charge in [-0.05, 0) is 30.3 Å². The van der Waals surface area contributed by atoms with Gasteiger partial charge in [-0.15, -0.1) is 0 Å². The maximum atomic E-state index is 10.7. The van der Waals surface area contributed by atoms with E-state index in [0.29, 0.717) is 22.8 Å². The van der Waals surface area contributed by atoms with Crippen LogP contribution < -0.4 is 21.1 Å². The highest BCUT2D eigenvalue weighted by Gasteiger charge is 2.01. The molecule has 2 rings (SSSR count). The summed E-state index contributed by atoms with van der Waals surface area (Å²) in [5.41, 5.74) is 7.26. The molecule has 0 fully saturated rings. The summed E-state index contributed by atoms with van der Waals surface area (Å²) in [4.78, 5) is 21.2. The summed E-state index contributed by atoms with van der Waals surface area (Å²) in [5, 5.41) is 14.3. The minimum atomic E-state index is -0.188. The molecule has 0 unspecified atom stereocenters. The Hall–Kier alpha value is -3.22. The smallest absolute Gasteiger partial charge is 0.221 e. The fourth-order valence-corrected chi connectivity index (χ4v) is 1.78. The van der Waals surface area contributed by atoms with E-state index in [1.165, 1.54) is 19.9 Å². The summed E-state index contributed by atoms with van der Waals surface area (Å²) in [6, 6.07) is 11.7. The molecule has 128 valence electrons. The Morgan fingerprint density at radius 3 is 2.17 bits per heavy atom. The van der Waals surface area contributed by atoms with Crippen molar-refractivity contribution in [1.29, 1.82) is 0 Å². The number of hydrogen-bond acceptors (Lipinski definition) is 5. The Morgan fingerprint density at radius 1 is 1.04 bits per heavy atom. The van der Waals surface area contributed by atoms with Crippen molar-refractivity contribution in [3.63, 3.8) is 0 Å². The van der Waals surface area contributed by atoms with E-state index in [4.69, 9.17) is 15.6 Å². The van der Waals surface area contributed by atoms with E-state index < -0.39 is 0 Å². The Kier molecular flexibility index (Phi) is 7.09. The molecule has 0 aliphatic heterocycles. The van der Waals surface area contributed by atoms with Crippen LogP contribution in [0.25, 0.3) is 0 Å². The van der Waals surface area contributed by atoms with E-state index in [1.807, 2.05) is 0 Å². The normalized spacial score (nSPS) is 9.29. The predicted molar refractivity (Wildman–Crippen MR) is 94.1 cm³/mol. The second kappa shape index (κ2) is 9.04. The van der Waals surface area contributed by atoms with Crippen molar-refractivity contribution in [2.24, 2.45) is 0 Å². The molecule has 0 aliphatic rings. The Balaban J connectivity index is 0.000000243. The fourth-order valence-electron chi connectivity index (χ4n) is 1.78. The van der Waals surface area contributed by atoms with E-state index in [9.17, 15) is 9.59 Å². The Bertz CT molecular complexity index is 717. The van der Waals surface area contributed by atoms with Crippen molar-refractivity contribution in [2.45, 2.75) is 13.8 Å². The van der Waals surface area contributed by atoms with Crippen LogP contribution in [0.5, 0.6) is 11.5 Å². The number of benzene rings is 2. The molecule has 2 aromatic rings. The highest BCUT2D eigenvalue weighted by molar-refractivity contribution is 5.90. The van der Waals surface area contributed by atoms with Crippen molar-refractivity contribution in [1.82, 2.24) is 0 Å². The first-order chi connectivity index (χ1) is 11.3. The van der Waals surface area contributed by atoms with Gasteiger partial charge in [0.1, 0.15) is 11.5 Å². The second-order valence-corrected chi connectivity index (χ2v) is 4.84. The summed E-state index contributed by atoms with van der Waals surface area (Å²) >= 11 is 0. The van der Waals surface area contributed by atoms with Gasteiger partial charge in [0, 0.05) is 19.5 Å². The first-order valence-corrected chi connectivity index (χ1v) is 7.10. The molecule has 7 nitrogen and oxygen atoms in total. The number of carbonyl (C=O) groups is 2. The number of hydrogen-bond donors (Lipinski definition) is 4. The summed E-state index contributed by atoms with van der Waals surface area (Å²) in [6.07, 6.45) is 0. The second-order valence-electron chi connectivity index (χ2n) is 4.84. The van der Waals surface area contributed by atoms with Gasteiger partial charge in [-0.3, -0.25) is 9.59 Å². The maximum Gasteiger partial charge on any atom is 0.221 e. The van der Waals surface area contributed by atoms with E-state index in [2.05, 4.69) is 10.6 Å². The van der Waals surface area contributed by atoms with Gasteiger partial charge in [-0.1, -0.05) is 12.1 Å². The zero-order chi connectivity index (χ0) is 18.1. The average molecular weight is 331 g/mol. The van der Waals surface area contributed by atoms with Crippen molar-refractivity contribution < 1.29 is 19.4 Å². The molecule has 5 N–H and O–H groups in total. The van der Waals surface area contributed by atoms with Crippen LogP contribution in [0.15, 0.2) is 42.5 Å². The van der Waals surface area contributed by atoms with Crippen LogP contribution in [0, 0.1) is 0 Å². The van der Waals surface area contributed by atoms with Gasteiger partial charge in [-0.2, -0.15) is 0 Å². The monoisotopic (exact) mass is 331 g/mol. The maximum absolute atomic E-state index is 10.7. The number of carbonyl (C=O) groups excluding carboxylic acids is 2. The summed E-state index contributed by atoms with van der Waals surface area (Å²) in [7, 11) is 1.55. The van der Waals surface area contributed by atoms with E-state index >= 15 is 0 Å². The predicted octanol–water partition coefficient (Wildman–Crippen LogP) is 2.59. The molecule has 7 heteroatoms. The molecule has 24 heavy (non-hydrogen) atoms. The third kappa shape index (κ3) is 6.27. The van der Waals surface area contributed by atoms with Gasteiger partial charge < -0.3 is 26.2 Å². The highest BCUT2D eigenvalue weighted by atomic mass is 16.5. The molecule has 0 aromatic heterocycles. The molecule has 0 radical (unpaired) electrons. The van der Waals surface area contributed by atoms with Crippen molar-refractivity contribution >= 4 is 28.9 Å². The number of nitrogens with one attached hydrogen (secondary N) is 2. The van der Waals surface area contributed by atoms with Crippen LogP contribution >= 0.6 is 0 Å². The Labute approximate surface area is 140 Å². The molecule has 0 atom stereocenters. The standard InChI is InChI=1S/C9H12N2O2.C8H9NO2/c1-6(12)11-7-3-4-9(13-2)8(10)5-7;1-6(10)9-7-4-2-3-5-8(7)11/h3-5H,10H2,1-2H3,(H,11,12);2-5,11H,1H3,(H,9,10). The van der Waals surface area contributed by atoms with Crippen molar-refractivity contribution in [3.05, 3.63) is 42.5 Å². The molecule has 0 heterocycles. The molecule has 0 aliphatic carbocycles. The number of phenolic OH excluding ortho intramolecular Hbond substituents is 1. The van der Waals surface area contributed by atoms with Crippen LogP contribution in [0.1, 0.15) is 13.8 Å². The average Bonchev–Trinajstić information content (AvgIpc) is 2.49. The Morgan fingerprint density at radius 2 is 1.67 bits per heavy atom. The van der Waals surface area contributed by atoms with Gasteiger partial charge >= 0.3 is 0 Å². The minimum Gasteiger partial charge on any atom is -0.506 e. The third-order valence-electron chi connectivity index (χ3n) is 2.76. The van der Waals surface area contributed by atoms with E-state index in [0.717, 1.165) is 0 Å². The number of para-hydroxylation sites is 2. The number of amides is 2. The van der Waals surface area contributed by atoms with Crippen LogP contribution in [-0.2, 0) is 9.59 Å². The molecule has 0 bridgehead atoms. The molecule has 2 amide bonds. The van der Waals surface area contributed by atoms with Gasteiger partial charge in [0.25, 0.3) is 0 Å². The zero-order valence-electron chi connectivity index (χ0n) is 13.8.